The van der Waals surface area contributed by atoms with E-state index in [9.17, 15) is 4.79 Å². The van der Waals surface area contributed by atoms with E-state index in [0.29, 0.717) is 29.4 Å². The smallest absolute Gasteiger partial charge is 0.320 e. The minimum absolute atomic E-state index is 0.0398. The summed E-state index contributed by atoms with van der Waals surface area (Å²) in [5.41, 5.74) is 2.53. The van der Waals surface area contributed by atoms with Crippen LogP contribution in [0.3, 0.4) is 0 Å². The number of benzene rings is 1. The van der Waals surface area contributed by atoms with E-state index in [1.165, 1.54) is 0 Å². The van der Waals surface area contributed by atoms with Gasteiger partial charge in [0.1, 0.15) is 5.82 Å². The van der Waals surface area contributed by atoms with Crippen molar-refractivity contribution in [3.8, 4) is 5.69 Å². The molecule has 27 heavy (non-hydrogen) atoms. The molecule has 142 valence electrons. The van der Waals surface area contributed by atoms with Crippen LogP contribution >= 0.6 is 11.6 Å². The van der Waals surface area contributed by atoms with Gasteiger partial charge >= 0.3 is 6.03 Å². The molecular formula is C19H23ClN6O. The minimum Gasteiger partial charge on any atom is -0.331 e. The van der Waals surface area contributed by atoms with Gasteiger partial charge in [0.05, 0.1) is 18.8 Å². The topological polar surface area (TPSA) is 66.3 Å². The number of urea groups is 1. The van der Waals surface area contributed by atoms with Crippen molar-refractivity contribution in [3.05, 3.63) is 40.4 Å². The fourth-order valence-corrected chi connectivity index (χ4v) is 4.84. The first-order valence-electron chi connectivity index (χ1n) is 9.36. The van der Waals surface area contributed by atoms with Crippen molar-refractivity contribution in [1.29, 1.82) is 0 Å². The summed E-state index contributed by atoms with van der Waals surface area (Å²) in [6.07, 6.45) is 2.31. The van der Waals surface area contributed by atoms with Gasteiger partial charge in [-0.05, 0) is 42.0 Å². The molecule has 7 nitrogen and oxygen atoms in total. The van der Waals surface area contributed by atoms with Crippen LogP contribution < -0.4 is 5.32 Å². The quantitative estimate of drug-likeness (QED) is 0.817. The molecule has 1 N–H and O–H groups in total. The fraction of sp³-hybridized carbons (Fsp3) is 0.526. The van der Waals surface area contributed by atoms with E-state index >= 15 is 0 Å². The van der Waals surface area contributed by atoms with Crippen LogP contribution in [0.25, 0.3) is 5.69 Å². The molecule has 2 aliphatic heterocycles. The van der Waals surface area contributed by atoms with Crippen LogP contribution in [0.1, 0.15) is 36.0 Å². The third-order valence-corrected chi connectivity index (χ3v) is 6.34. The Morgan fingerprint density at radius 2 is 2.04 bits per heavy atom. The Kier molecular flexibility index (Phi) is 3.74. The predicted octanol–water partition coefficient (Wildman–Crippen LogP) is 2.38. The lowest BCUT2D eigenvalue weighted by Gasteiger charge is -2.54. The highest BCUT2D eigenvalue weighted by atomic mass is 35.5. The van der Waals surface area contributed by atoms with Gasteiger partial charge in [-0.15, -0.1) is 10.2 Å². The average Bonchev–Trinajstić information content (AvgIpc) is 2.87. The summed E-state index contributed by atoms with van der Waals surface area (Å²) in [7, 11) is 3.53. The molecule has 2 amide bonds. The van der Waals surface area contributed by atoms with Crippen LogP contribution in [-0.4, -0.2) is 57.8 Å². The molecule has 1 spiro atoms. The van der Waals surface area contributed by atoms with Crippen molar-refractivity contribution in [2.24, 2.45) is 5.41 Å². The molecule has 0 radical (unpaired) electrons. The van der Waals surface area contributed by atoms with Crippen molar-refractivity contribution in [1.82, 2.24) is 29.9 Å². The van der Waals surface area contributed by atoms with Crippen molar-refractivity contribution in [2.45, 2.75) is 31.8 Å². The number of carbonyl (C=O) groups excluding carboxylic acids is 1. The highest BCUT2D eigenvalue weighted by Crippen LogP contribution is 2.53. The molecule has 1 aromatic heterocycles. The zero-order valence-electron chi connectivity index (χ0n) is 15.6. The van der Waals surface area contributed by atoms with Gasteiger partial charge in [-0.2, -0.15) is 0 Å². The molecule has 5 rings (SSSR count). The van der Waals surface area contributed by atoms with E-state index in [2.05, 4.69) is 20.1 Å². The maximum atomic E-state index is 12.6. The molecule has 3 heterocycles. The third kappa shape index (κ3) is 2.63. The first kappa shape index (κ1) is 17.0. The lowest BCUT2D eigenvalue weighted by Crippen LogP contribution is -2.59. The summed E-state index contributed by atoms with van der Waals surface area (Å²) in [4.78, 5) is 16.0. The molecule has 2 aromatic rings. The van der Waals surface area contributed by atoms with Crippen LogP contribution in [0.15, 0.2) is 18.2 Å². The Bertz CT molecular complexity index is 911. The number of aromatic nitrogens is 3. The maximum Gasteiger partial charge on any atom is 0.320 e. The van der Waals surface area contributed by atoms with Crippen LogP contribution in [0.2, 0.25) is 5.02 Å². The van der Waals surface area contributed by atoms with E-state index in [1.807, 2.05) is 18.2 Å². The highest BCUT2D eigenvalue weighted by molar-refractivity contribution is 6.30. The van der Waals surface area contributed by atoms with E-state index < -0.39 is 0 Å². The Morgan fingerprint density at radius 3 is 2.70 bits per heavy atom. The van der Waals surface area contributed by atoms with E-state index in [-0.39, 0.29) is 6.03 Å². The second kappa shape index (κ2) is 5.94. The van der Waals surface area contributed by atoms with Crippen LogP contribution in [0.4, 0.5) is 4.79 Å². The lowest BCUT2D eigenvalue weighted by atomic mass is 9.58. The van der Waals surface area contributed by atoms with Gasteiger partial charge in [-0.25, -0.2) is 4.79 Å². The molecule has 2 fully saturated rings. The number of hydrogen-bond acceptors (Lipinski definition) is 4. The highest BCUT2D eigenvalue weighted by Gasteiger charge is 2.50. The van der Waals surface area contributed by atoms with Crippen LogP contribution in [0.5, 0.6) is 0 Å². The summed E-state index contributed by atoms with van der Waals surface area (Å²) in [5, 5.41) is 13.1. The molecular weight excluding hydrogens is 364 g/mol. The van der Waals surface area contributed by atoms with Gasteiger partial charge < -0.3 is 15.1 Å². The normalized spacial score (nSPS) is 20.3. The molecule has 1 aliphatic carbocycles. The summed E-state index contributed by atoms with van der Waals surface area (Å²) in [5.74, 6) is 2.26. The maximum absolute atomic E-state index is 12.6. The predicted molar refractivity (Wildman–Crippen MR) is 102 cm³/mol. The van der Waals surface area contributed by atoms with Gasteiger partial charge in [0, 0.05) is 38.1 Å². The summed E-state index contributed by atoms with van der Waals surface area (Å²) in [6.45, 7) is 3.17. The number of halogens is 1. The molecule has 0 unspecified atom stereocenters. The minimum atomic E-state index is -0.0398. The third-order valence-electron chi connectivity index (χ3n) is 6.11. The standard InChI is InChI=1S/C19H23ClN6O/c1-24(2)18(27)25-8-12-5-14(20)3-4-15(12)26-16(9-25)22-23-17(26)13-6-19(7-13)10-21-11-19/h3-5,13,21H,6-11H2,1-2H3. The number of nitrogens with one attached hydrogen (secondary N) is 1. The second-order valence-corrected chi connectivity index (χ2v) is 8.76. The van der Waals surface area contributed by atoms with Crippen LogP contribution in [-0.2, 0) is 13.1 Å². The monoisotopic (exact) mass is 386 g/mol. The molecule has 0 bridgehead atoms. The Hall–Kier alpha value is -2.12. The summed E-state index contributed by atoms with van der Waals surface area (Å²) < 4.78 is 2.16. The van der Waals surface area contributed by atoms with Gasteiger partial charge in [-0.3, -0.25) is 4.57 Å². The van der Waals surface area contributed by atoms with Crippen molar-refractivity contribution < 1.29 is 4.79 Å². The first-order chi connectivity index (χ1) is 13.0. The van der Waals surface area contributed by atoms with Crippen molar-refractivity contribution in [2.75, 3.05) is 27.2 Å². The largest absolute Gasteiger partial charge is 0.331 e. The van der Waals surface area contributed by atoms with Gasteiger partial charge in [0.2, 0.25) is 0 Å². The van der Waals surface area contributed by atoms with Crippen molar-refractivity contribution in [3.63, 3.8) is 0 Å². The molecule has 1 saturated heterocycles. The number of carbonyl (C=O) groups is 1. The van der Waals surface area contributed by atoms with Gasteiger partial charge in [0.25, 0.3) is 0 Å². The van der Waals surface area contributed by atoms with Gasteiger partial charge in [-0.1, -0.05) is 11.6 Å². The second-order valence-electron chi connectivity index (χ2n) is 8.32. The summed E-state index contributed by atoms with van der Waals surface area (Å²) >= 11 is 6.26. The lowest BCUT2D eigenvalue weighted by molar-refractivity contribution is 0.0323. The van der Waals surface area contributed by atoms with E-state index in [4.69, 9.17) is 11.6 Å². The molecule has 8 heteroatoms. The SMILES string of the molecule is CN(C)C(=O)N1Cc2cc(Cl)ccc2-n2c(nnc2C2CC3(CNC3)C2)C1. The molecule has 3 aliphatic rings. The number of rotatable bonds is 1. The Labute approximate surface area is 163 Å². The van der Waals surface area contributed by atoms with Gasteiger partial charge in [0.15, 0.2) is 5.82 Å². The van der Waals surface area contributed by atoms with Crippen LogP contribution in [0, 0.1) is 5.41 Å². The van der Waals surface area contributed by atoms with E-state index in [0.717, 1.165) is 48.8 Å². The Balaban J connectivity index is 1.56. The zero-order valence-corrected chi connectivity index (χ0v) is 16.3. The zero-order chi connectivity index (χ0) is 18.8. The molecule has 0 atom stereocenters. The Morgan fingerprint density at radius 1 is 1.26 bits per heavy atom. The fourth-order valence-electron chi connectivity index (χ4n) is 4.64. The summed E-state index contributed by atoms with van der Waals surface area (Å²) in [6, 6.07) is 5.83. The number of amides is 2. The average molecular weight is 387 g/mol. The molecule has 1 aromatic carbocycles. The number of fused-ring (bicyclic) bond motifs is 3. The van der Waals surface area contributed by atoms with E-state index in [1.54, 1.807) is 23.9 Å². The number of hydrogen-bond donors (Lipinski definition) is 1. The molecule has 1 saturated carbocycles. The number of nitrogens with zero attached hydrogens (tertiary/aromatic N) is 5. The first-order valence-corrected chi connectivity index (χ1v) is 9.73. The van der Waals surface area contributed by atoms with Crippen molar-refractivity contribution >= 4 is 17.6 Å².